The lowest BCUT2D eigenvalue weighted by Crippen LogP contribution is -2.50. The van der Waals surface area contributed by atoms with Crippen molar-refractivity contribution < 1.29 is 23.5 Å². The minimum absolute atomic E-state index is 0.0358. The minimum Gasteiger partial charge on any atom is -0.457 e. The Bertz CT molecular complexity index is 1140. The SMILES string of the molecule is O=C(CN1CCSCC1)N[C@@H](COCc1ccccc1)C(=O)Nc1ccc(Oc2ccc(F)cc2)cc1. The molecule has 9 heteroatoms. The van der Waals surface area contributed by atoms with Crippen LogP contribution in [0.2, 0.25) is 0 Å². The molecule has 3 aromatic carbocycles. The molecule has 0 saturated carbocycles. The van der Waals surface area contributed by atoms with E-state index in [1.807, 2.05) is 42.1 Å². The van der Waals surface area contributed by atoms with Crippen LogP contribution >= 0.6 is 11.8 Å². The molecule has 0 spiro atoms. The largest absolute Gasteiger partial charge is 0.457 e. The Hall–Kier alpha value is -3.40. The summed E-state index contributed by atoms with van der Waals surface area (Å²) in [5.41, 5.74) is 1.53. The van der Waals surface area contributed by atoms with Crippen LogP contribution in [0.5, 0.6) is 11.5 Å². The summed E-state index contributed by atoms with van der Waals surface area (Å²) in [6.45, 7) is 2.32. The van der Waals surface area contributed by atoms with Crippen molar-refractivity contribution in [3.63, 3.8) is 0 Å². The van der Waals surface area contributed by atoms with Crippen molar-refractivity contribution in [2.75, 3.05) is 43.1 Å². The normalized spacial score (nSPS) is 14.5. The topological polar surface area (TPSA) is 79.9 Å². The molecule has 1 aliphatic heterocycles. The van der Waals surface area contributed by atoms with E-state index in [0.717, 1.165) is 30.2 Å². The zero-order valence-electron chi connectivity index (χ0n) is 20.4. The highest BCUT2D eigenvalue weighted by molar-refractivity contribution is 7.99. The van der Waals surface area contributed by atoms with Gasteiger partial charge in [0.15, 0.2) is 0 Å². The zero-order chi connectivity index (χ0) is 25.9. The van der Waals surface area contributed by atoms with Crippen LogP contribution in [-0.4, -0.2) is 60.5 Å². The summed E-state index contributed by atoms with van der Waals surface area (Å²) in [4.78, 5) is 27.9. The predicted octanol–water partition coefficient (Wildman–Crippen LogP) is 4.31. The molecule has 0 radical (unpaired) electrons. The second-order valence-electron chi connectivity index (χ2n) is 8.58. The fraction of sp³-hybridized carbons (Fsp3) is 0.286. The summed E-state index contributed by atoms with van der Waals surface area (Å²) in [7, 11) is 0. The number of thioether (sulfide) groups is 1. The van der Waals surface area contributed by atoms with Gasteiger partial charge in [-0.15, -0.1) is 0 Å². The molecule has 0 aromatic heterocycles. The number of nitrogens with zero attached hydrogens (tertiary/aromatic N) is 1. The number of ether oxygens (including phenoxy) is 2. The number of anilines is 1. The Morgan fingerprint density at radius 2 is 1.57 bits per heavy atom. The molecule has 0 unspecified atom stereocenters. The molecule has 7 nitrogen and oxygen atoms in total. The number of benzene rings is 3. The van der Waals surface area contributed by atoms with E-state index in [9.17, 15) is 14.0 Å². The monoisotopic (exact) mass is 523 g/mol. The summed E-state index contributed by atoms with van der Waals surface area (Å²) in [6, 6.07) is 21.3. The van der Waals surface area contributed by atoms with Gasteiger partial charge in [0.2, 0.25) is 11.8 Å². The molecular formula is C28H30FN3O4S. The van der Waals surface area contributed by atoms with E-state index in [2.05, 4.69) is 15.5 Å². The fourth-order valence-corrected chi connectivity index (χ4v) is 4.71. The van der Waals surface area contributed by atoms with Gasteiger partial charge in [0.25, 0.3) is 0 Å². The Morgan fingerprint density at radius 3 is 2.24 bits per heavy atom. The van der Waals surface area contributed by atoms with E-state index in [4.69, 9.17) is 9.47 Å². The lowest BCUT2D eigenvalue weighted by atomic mass is 10.2. The Labute approximate surface area is 220 Å². The van der Waals surface area contributed by atoms with Crippen molar-refractivity contribution in [2.24, 2.45) is 0 Å². The maximum absolute atomic E-state index is 13.1. The zero-order valence-corrected chi connectivity index (χ0v) is 21.2. The van der Waals surface area contributed by atoms with Crippen LogP contribution in [0.4, 0.5) is 10.1 Å². The van der Waals surface area contributed by atoms with Gasteiger partial charge >= 0.3 is 0 Å². The predicted molar refractivity (Wildman–Crippen MR) is 143 cm³/mol. The summed E-state index contributed by atoms with van der Waals surface area (Å²) in [5.74, 6) is 2.12. The van der Waals surface area contributed by atoms with Crippen LogP contribution in [0.15, 0.2) is 78.9 Å². The number of nitrogens with one attached hydrogen (secondary N) is 2. The molecule has 3 aromatic rings. The van der Waals surface area contributed by atoms with Gasteiger partial charge in [-0.2, -0.15) is 11.8 Å². The van der Waals surface area contributed by atoms with E-state index in [1.54, 1.807) is 24.3 Å². The van der Waals surface area contributed by atoms with E-state index in [-0.39, 0.29) is 30.8 Å². The van der Waals surface area contributed by atoms with Crippen molar-refractivity contribution in [1.82, 2.24) is 10.2 Å². The Morgan fingerprint density at radius 1 is 0.919 bits per heavy atom. The number of rotatable bonds is 11. The molecule has 2 amide bonds. The van der Waals surface area contributed by atoms with E-state index >= 15 is 0 Å². The summed E-state index contributed by atoms with van der Waals surface area (Å²) in [5, 5.41) is 5.68. The van der Waals surface area contributed by atoms with Gasteiger partial charge in [-0.3, -0.25) is 14.5 Å². The fourth-order valence-electron chi connectivity index (χ4n) is 3.73. The number of hydrogen-bond acceptors (Lipinski definition) is 6. The second kappa shape index (κ2) is 13.8. The maximum atomic E-state index is 13.1. The molecule has 37 heavy (non-hydrogen) atoms. The smallest absolute Gasteiger partial charge is 0.249 e. The lowest BCUT2D eigenvalue weighted by molar-refractivity contribution is -0.128. The number of halogens is 1. The standard InChI is InChI=1S/C28H30FN3O4S/c29-22-6-10-24(11-7-22)36-25-12-8-23(9-13-25)30-28(34)26(20-35-19-21-4-2-1-3-5-21)31-27(33)18-32-14-16-37-17-15-32/h1-13,26H,14-20H2,(H,30,34)(H,31,33)/t26-/m0/s1. The summed E-state index contributed by atoms with van der Waals surface area (Å²) >= 11 is 1.88. The first-order valence-corrected chi connectivity index (χ1v) is 13.3. The molecule has 1 saturated heterocycles. The average Bonchev–Trinajstić information content (AvgIpc) is 2.91. The number of amides is 2. The highest BCUT2D eigenvalue weighted by Gasteiger charge is 2.23. The molecule has 2 N–H and O–H groups in total. The number of carbonyl (C=O) groups is 2. The minimum atomic E-state index is -0.856. The first kappa shape index (κ1) is 26.7. The third-order valence-corrected chi connectivity index (χ3v) is 6.63. The van der Waals surface area contributed by atoms with Crippen LogP contribution in [0.3, 0.4) is 0 Å². The quantitative estimate of drug-likeness (QED) is 0.390. The van der Waals surface area contributed by atoms with Crippen molar-refractivity contribution >= 4 is 29.3 Å². The van der Waals surface area contributed by atoms with E-state index in [0.29, 0.717) is 23.8 Å². The van der Waals surface area contributed by atoms with E-state index < -0.39 is 6.04 Å². The van der Waals surface area contributed by atoms with Gasteiger partial charge in [-0.25, -0.2) is 4.39 Å². The average molecular weight is 524 g/mol. The van der Waals surface area contributed by atoms with Crippen LogP contribution in [0.1, 0.15) is 5.56 Å². The Balaban J connectivity index is 1.34. The van der Waals surface area contributed by atoms with Gasteiger partial charge < -0.3 is 20.1 Å². The molecule has 1 heterocycles. The third kappa shape index (κ3) is 8.89. The highest BCUT2D eigenvalue weighted by atomic mass is 32.2. The van der Waals surface area contributed by atoms with Crippen molar-refractivity contribution in [1.29, 1.82) is 0 Å². The van der Waals surface area contributed by atoms with Crippen molar-refractivity contribution in [3.8, 4) is 11.5 Å². The van der Waals surface area contributed by atoms with Gasteiger partial charge in [0, 0.05) is 30.3 Å². The first-order valence-electron chi connectivity index (χ1n) is 12.1. The molecular weight excluding hydrogens is 493 g/mol. The summed E-state index contributed by atoms with van der Waals surface area (Å²) in [6.07, 6.45) is 0. The molecule has 1 aliphatic rings. The molecule has 4 rings (SSSR count). The van der Waals surface area contributed by atoms with Crippen LogP contribution in [0, 0.1) is 5.82 Å². The molecule has 1 fully saturated rings. The van der Waals surface area contributed by atoms with Gasteiger partial charge in [-0.05, 0) is 54.1 Å². The maximum Gasteiger partial charge on any atom is 0.249 e. The van der Waals surface area contributed by atoms with Crippen LogP contribution < -0.4 is 15.4 Å². The molecule has 194 valence electrons. The first-order chi connectivity index (χ1) is 18.0. The van der Waals surface area contributed by atoms with Gasteiger partial charge in [-0.1, -0.05) is 30.3 Å². The Kier molecular flexibility index (Phi) is 9.93. The summed E-state index contributed by atoms with van der Waals surface area (Å²) < 4.78 is 24.6. The second-order valence-corrected chi connectivity index (χ2v) is 9.80. The molecule has 0 aliphatic carbocycles. The van der Waals surface area contributed by atoms with Crippen LogP contribution in [-0.2, 0) is 20.9 Å². The van der Waals surface area contributed by atoms with Gasteiger partial charge in [0.1, 0.15) is 23.4 Å². The lowest BCUT2D eigenvalue weighted by Gasteiger charge is -2.26. The molecule has 0 bridgehead atoms. The number of hydrogen-bond donors (Lipinski definition) is 2. The van der Waals surface area contributed by atoms with E-state index in [1.165, 1.54) is 24.3 Å². The third-order valence-electron chi connectivity index (χ3n) is 5.69. The van der Waals surface area contributed by atoms with Crippen LogP contribution in [0.25, 0.3) is 0 Å². The van der Waals surface area contributed by atoms with Crippen molar-refractivity contribution in [2.45, 2.75) is 12.6 Å². The number of carbonyl (C=O) groups excluding carboxylic acids is 2. The highest BCUT2D eigenvalue weighted by Crippen LogP contribution is 2.23. The van der Waals surface area contributed by atoms with Crippen molar-refractivity contribution in [3.05, 3.63) is 90.2 Å². The molecule has 1 atom stereocenters. The van der Waals surface area contributed by atoms with Gasteiger partial charge in [0.05, 0.1) is 19.8 Å².